The van der Waals surface area contributed by atoms with Crippen LogP contribution >= 0.6 is 0 Å². The van der Waals surface area contributed by atoms with Crippen molar-refractivity contribution in [1.82, 2.24) is 10.6 Å². The lowest BCUT2D eigenvalue weighted by molar-refractivity contribution is -0.122. The standard InChI is InChI=1S/C18H34N2O/c1-4-18(2,3)15-6-8-16(9-7-15)20-17(21)10-5-14-11-12-19-13-14/h14-16,19H,4-13H2,1-3H3,(H,20,21). The molecule has 1 heterocycles. The molecule has 0 aromatic rings. The second-order valence-electron chi connectivity index (χ2n) is 7.86. The smallest absolute Gasteiger partial charge is 0.220 e. The molecule has 1 amide bonds. The lowest BCUT2D eigenvalue weighted by Crippen LogP contribution is -2.40. The zero-order valence-electron chi connectivity index (χ0n) is 14.2. The largest absolute Gasteiger partial charge is 0.353 e. The number of amides is 1. The number of rotatable bonds is 6. The summed E-state index contributed by atoms with van der Waals surface area (Å²) in [6, 6.07) is 0.433. The Morgan fingerprint density at radius 2 is 1.90 bits per heavy atom. The van der Waals surface area contributed by atoms with E-state index in [-0.39, 0.29) is 5.91 Å². The fourth-order valence-electron chi connectivity index (χ4n) is 3.90. The third-order valence-corrected chi connectivity index (χ3v) is 6.05. The highest BCUT2D eigenvalue weighted by atomic mass is 16.1. The molecule has 0 spiro atoms. The van der Waals surface area contributed by atoms with Gasteiger partial charge in [-0.15, -0.1) is 0 Å². The first-order valence-electron chi connectivity index (χ1n) is 9.01. The summed E-state index contributed by atoms with van der Waals surface area (Å²) in [6.45, 7) is 9.32. The van der Waals surface area contributed by atoms with Crippen molar-refractivity contribution >= 4 is 5.91 Å². The second-order valence-corrected chi connectivity index (χ2v) is 7.86. The van der Waals surface area contributed by atoms with Gasteiger partial charge in [0.1, 0.15) is 0 Å². The molecule has 0 aromatic heterocycles. The quantitative estimate of drug-likeness (QED) is 0.787. The Kier molecular flexibility index (Phi) is 6.09. The van der Waals surface area contributed by atoms with Crippen LogP contribution in [0.15, 0.2) is 0 Å². The van der Waals surface area contributed by atoms with Crippen molar-refractivity contribution in [1.29, 1.82) is 0 Å². The Morgan fingerprint density at radius 1 is 1.19 bits per heavy atom. The molecule has 0 aromatic carbocycles. The molecule has 1 aliphatic heterocycles. The normalized spacial score (nSPS) is 30.3. The Hall–Kier alpha value is -0.570. The van der Waals surface area contributed by atoms with Gasteiger partial charge in [0, 0.05) is 12.5 Å². The van der Waals surface area contributed by atoms with Crippen LogP contribution in [0.3, 0.4) is 0 Å². The van der Waals surface area contributed by atoms with E-state index in [4.69, 9.17) is 0 Å². The van der Waals surface area contributed by atoms with E-state index in [1.165, 1.54) is 38.5 Å². The molecule has 3 nitrogen and oxygen atoms in total. The van der Waals surface area contributed by atoms with Crippen molar-refractivity contribution < 1.29 is 4.79 Å². The Labute approximate surface area is 130 Å². The number of nitrogens with one attached hydrogen (secondary N) is 2. The van der Waals surface area contributed by atoms with E-state index in [0.29, 0.717) is 17.9 Å². The van der Waals surface area contributed by atoms with Crippen molar-refractivity contribution in [3.8, 4) is 0 Å². The lowest BCUT2D eigenvalue weighted by Gasteiger charge is -2.39. The zero-order chi connectivity index (χ0) is 15.3. The molecule has 1 atom stereocenters. The van der Waals surface area contributed by atoms with Crippen molar-refractivity contribution in [2.24, 2.45) is 17.3 Å². The van der Waals surface area contributed by atoms with Gasteiger partial charge in [-0.25, -0.2) is 0 Å². The topological polar surface area (TPSA) is 41.1 Å². The fraction of sp³-hybridized carbons (Fsp3) is 0.944. The molecule has 2 N–H and O–H groups in total. The molecule has 1 aliphatic carbocycles. The first-order valence-corrected chi connectivity index (χ1v) is 9.01. The van der Waals surface area contributed by atoms with Crippen LogP contribution in [0, 0.1) is 17.3 Å². The molecule has 0 radical (unpaired) electrons. The van der Waals surface area contributed by atoms with E-state index in [1.54, 1.807) is 0 Å². The van der Waals surface area contributed by atoms with Crippen molar-refractivity contribution in [2.45, 2.75) is 78.2 Å². The number of carbonyl (C=O) groups is 1. The van der Waals surface area contributed by atoms with E-state index >= 15 is 0 Å². The maximum absolute atomic E-state index is 12.1. The summed E-state index contributed by atoms with van der Waals surface area (Å²) in [4.78, 5) is 12.1. The van der Waals surface area contributed by atoms with Crippen LogP contribution in [0.4, 0.5) is 0 Å². The molecule has 1 saturated carbocycles. The molecule has 1 unspecified atom stereocenters. The van der Waals surface area contributed by atoms with Gasteiger partial charge in [-0.2, -0.15) is 0 Å². The number of hydrogen-bond donors (Lipinski definition) is 2. The Balaban J connectivity index is 1.64. The van der Waals surface area contributed by atoms with Crippen LogP contribution in [0.2, 0.25) is 0 Å². The first kappa shape index (κ1) is 16.8. The van der Waals surface area contributed by atoms with Gasteiger partial charge in [-0.3, -0.25) is 4.79 Å². The molecule has 21 heavy (non-hydrogen) atoms. The molecule has 2 rings (SSSR count). The molecular weight excluding hydrogens is 260 g/mol. The number of carbonyl (C=O) groups excluding carboxylic acids is 1. The molecule has 3 heteroatoms. The maximum atomic E-state index is 12.1. The molecular formula is C18H34N2O. The van der Waals surface area contributed by atoms with Gasteiger partial charge in [-0.05, 0) is 68.9 Å². The van der Waals surface area contributed by atoms with Crippen molar-refractivity contribution in [3.05, 3.63) is 0 Å². The van der Waals surface area contributed by atoms with Crippen LogP contribution in [-0.2, 0) is 4.79 Å². The summed E-state index contributed by atoms with van der Waals surface area (Å²) in [5.41, 5.74) is 0.463. The van der Waals surface area contributed by atoms with Crippen LogP contribution in [0.25, 0.3) is 0 Å². The summed E-state index contributed by atoms with van der Waals surface area (Å²) < 4.78 is 0. The first-order chi connectivity index (χ1) is 10.0. The van der Waals surface area contributed by atoms with E-state index in [1.807, 2.05) is 0 Å². The minimum Gasteiger partial charge on any atom is -0.353 e. The number of hydrogen-bond acceptors (Lipinski definition) is 2. The van der Waals surface area contributed by atoms with E-state index in [0.717, 1.165) is 31.3 Å². The van der Waals surface area contributed by atoms with E-state index in [2.05, 4.69) is 31.4 Å². The third-order valence-electron chi connectivity index (χ3n) is 6.05. The average Bonchev–Trinajstić information content (AvgIpc) is 2.99. The Bertz CT molecular complexity index is 326. The summed E-state index contributed by atoms with van der Waals surface area (Å²) >= 11 is 0. The van der Waals surface area contributed by atoms with Gasteiger partial charge >= 0.3 is 0 Å². The van der Waals surface area contributed by atoms with Gasteiger partial charge in [0.2, 0.25) is 5.91 Å². The van der Waals surface area contributed by atoms with Gasteiger partial charge in [0.15, 0.2) is 0 Å². The highest BCUT2D eigenvalue weighted by Gasteiger charge is 2.32. The molecule has 2 fully saturated rings. The minimum absolute atomic E-state index is 0.278. The molecule has 0 bridgehead atoms. The van der Waals surface area contributed by atoms with Crippen LogP contribution in [-0.4, -0.2) is 25.0 Å². The van der Waals surface area contributed by atoms with Crippen LogP contribution < -0.4 is 10.6 Å². The molecule has 122 valence electrons. The predicted octanol–water partition coefficient (Wildman–Crippen LogP) is 3.49. The van der Waals surface area contributed by atoms with Crippen LogP contribution in [0.1, 0.15) is 72.1 Å². The van der Waals surface area contributed by atoms with Gasteiger partial charge in [0.05, 0.1) is 0 Å². The van der Waals surface area contributed by atoms with Gasteiger partial charge in [-0.1, -0.05) is 27.2 Å². The average molecular weight is 294 g/mol. The van der Waals surface area contributed by atoms with Gasteiger partial charge in [0.25, 0.3) is 0 Å². The third kappa shape index (κ3) is 4.98. The summed E-state index contributed by atoms with van der Waals surface area (Å²) in [7, 11) is 0. The highest BCUT2D eigenvalue weighted by Crippen LogP contribution is 2.40. The minimum atomic E-state index is 0.278. The van der Waals surface area contributed by atoms with Gasteiger partial charge < -0.3 is 10.6 Å². The van der Waals surface area contributed by atoms with Crippen molar-refractivity contribution in [3.63, 3.8) is 0 Å². The molecule has 1 saturated heterocycles. The maximum Gasteiger partial charge on any atom is 0.220 e. The zero-order valence-corrected chi connectivity index (χ0v) is 14.2. The Morgan fingerprint density at radius 3 is 2.48 bits per heavy atom. The SMILES string of the molecule is CCC(C)(C)C1CCC(NC(=O)CCC2CCNC2)CC1. The second kappa shape index (κ2) is 7.62. The monoisotopic (exact) mass is 294 g/mol. The molecule has 2 aliphatic rings. The summed E-state index contributed by atoms with van der Waals surface area (Å²) in [5, 5.41) is 6.64. The van der Waals surface area contributed by atoms with E-state index in [9.17, 15) is 4.79 Å². The summed E-state index contributed by atoms with van der Waals surface area (Å²) in [6.07, 6.45) is 9.16. The lowest BCUT2D eigenvalue weighted by atomic mass is 9.69. The van der Waals surface area contributed by atoms with E-state index < -0.39 is 0 Å². The fourth-order valence-corrected chi connectivity index (χ4v) is 3.90. The summed E-state index contributed by atoms with van der Waals surface area (Å²) in [5.74, 6) is 1.83. The highest BCUT2D eigenvalue weighted by molar-refractivity contribution is 5.76. The van der Waals surface area contributed by atoms with Crippen LogP contribution in [0.5, 0.6) is 0 Å². The van der Waals surface area contributed by atoms with Crippen molar-refractivity contribution in [2.75, 3.05) is 13.1 Å². The predicted molar refractivity (Wildman–Crippen MR) is 88.2 cm³/mol.